The average molecular weight is 273 g/mol. The highest BCUT2D eigenvalue weighted by atomic mass is 32.2. The molecule has 18 heavy (non-hydrogen) atoms. The lowest BCUT2D eigenvalue weighted by molar-refractivity contribution is 0.151. The highest BCUT2D eigenvalue weighted by Gasteiger charge is 2.24. The summed E-state index contributed by atoms with van der Waals surface area (Å²) in [6.07, 6.45) is 2.14. The van der Waals surface area contributed by atoms with Crippen molar-refractivity contribution < 1.29 is 4.79 Å². The van der Waals surface area contributed by atoms with Gasteiger partial charge >= 0.3 is 6.03 Å². The second-order valence-electron chi connectivity index (χ2n) is 5.17. The first-order valence-electron chi connectivity index (χ1n) is 6.84. The number of nitrogens with one attached hydrogen (secondary N) is 1. The van der Waals surface area contributed by atoms with Crippen LogP contribution >= 0.6 is 11.8 Å². The van der Waals surface area contributed by atoms with Crippen molar-refractivity contribution in [2.45, 2.75) is 38.8 Å². The quantitative estimate of drug-likeness (QED) is 0.830. The van der Waals surface area contributed by atoms with Crippen LogP contribution in [0.5, 0.6) is 0 Å². The molecular weight excluding hydrogens is 246 g/mol. The number of urea groups is 1. The van der Waals surface area contributed by atoms with Crippen molar-refractivity contribution in [3.05, 3.63) is 0 Å². The molecule has 1 aliphatic heterocycles. The highest BCUT2D eigenvalue weighted by Crippen LogP contribution is 2.13. The Balaban J connectivity index is 2.25. The SMILES string of the molecule is CCSCC(C)NC1CCN(C(=O)N(C)C)CC1. The normalized spacial score (nSPS) is 18.8. The van der Waals surface area contributed by atoms with Gasteiger partial charge in [0.05, 0.1) is 0 Å². The van der Waals surface area contributed by atoms with Gasteiger partial charge in [0.15, 0.2) is 0 Å². The summed E-state index contributed by atoms with van der Waals surface area (Å²) in [7, 11) is 3.63. The molecule has 0 aliphatic carbocycles. The summed E-state index contributed by atoms with van der Waals surface area (Å²) in [5.41, 5.74) is 0. The number of amides is 2. The van der Waals surface area contributed by atoms with E-state index >= 15 is 0 Å². The molecule has 1 saturated heterocycles. The monoisotopic (exact) mass is 273 g/mol. The van der Waals surface area contributed by atoms with E-state index in [4.69, 9.17) is 0 Å². The van der Waals surface area contributed by atoms with Crippen LogP contribution in [0.2, 0.25) is 0 Å². The molecule has 0 aromatic heterocycles. The van der Waals surface area contributed by atoms with Crippen LogP contribution in [0.3, 0.4) is 0 Å². The van der Waals surface area contributed by atoms with Crippen molar-refractivity contribution in [3.63, 3.8) is 0 Å². The van der Waals surface area contributed by atoms with E-state index in [1.807, 2.05) is 30.8 Å². The fourth-order valence-corrected chi connectivity index (χ4v) is 2.95. The third-order valence-electron chi connectivity index (χ3n) is 3.24. The van der Waals surface area contributed by atoms with Crippen molar-refractivity contribution in [1.29, 1.82) is 0 Å². The van der Waals surface area contributed by atoms with Crippen LogP contribution in [-0.2, 0) is 0 Å². The number of hydrogen-bond donors (Lipinski definition) is 1. The molecule has 1 atom stereocenters. The average Bonchev–Trinajstić information content (AvgIpc) is 2.36. The maximum atomic E-state index is 11.8. The van der Waals surface area contributed by atoms with Gasteiger partial charge in [0.2, 0.25) is 0 Å². The largest absolute Gasteiger partial charge is 0.331 e. The Morgan fingerprint density at radius 2 is 2.06 bits per heavy atom. The standard InChI is InChI=1S/C13H27N3OS/c1-5-18-10-11(2)14-12-6-8-16(9-7-12)13(17)15(3)4/h11-12,14H,5-10H2,1-4H3. The molecule has 0 spiro atoms. The van der Waals surface area contributed by atoms with E-state index in [1.165, 1.54) is 11.5 Å². The minimum atomic E-state index is 0.142. The van der Waals surface area contributed by atoms with E-state index in [-0.39, 0.29) is 6.03 Å². The fourth-order valence-electron chi connectivity index (χ4n) is 2.27. The molecule has 1 N–H and O–H groups in total. The van der Waals surface area contributed by atoms with E-state index in [0.717, 1.165) is 25.9 Å². The number of hydrogen-bond acceptors (Lipinski definition) is 3. The van der Waals surface area contributed by atoms with E-state index in [0.29, 0.717) is 12.1 Å². The van der Waals surface area contributed by atoms with Crippen molar-refractivity contribution in [2.75, 3.05) is 38.7 Å². The Labute approximate surface area is 115 Å². The zero-order chi connectivity index (χ0) is 13.5. The Bertz CT molecular complexity index is 253. The number of likely N-dealkylation sites (tertiary alicyclic amines) is 1. The Morgan fingerprint density at radius 1 is 1.44 bits per heavy atom. The fraction of sp³-hybridized carbons (Fsp3) is 0.923. The number of nitrogens with zero attached hydrogens (tertiary/aromatic N) is 2. The third kappa shape index (κ3) is 5.06. The van der Waals surface area contributed by atoms with Gasteiger partial charge in [-0.05, 0) is 25.5 Å². The number of carbonyl (C=O) groups is 1. The van der Waals surface area contributed by atoms with Crippen LogP contribution in [0.25, 0.3) is 0 Å². The maximum Gasteiger partial charge on any atom is 0.319 e. The highest BCUT2D eigenvalue weighted by molar-refractivity contribution is 7.99. The molecule has 1 heterocycles. The summed E-state index contributed by atoms with van der Waals surface area (Å²) < 4.78 is 0. The van der Waals surface area contributed by atoms with Gasteiger partial charge in [-0.2, -0.15) is 11.8 Å². The molecule has 5 heteroatoms. The van der Waals surface area contributed by atoms with Crippen LogP contribution in [0.4, 0.5) is 4.79 Å². The van der Waals surface area contributed by atoms with Crippen LogP contribution in [0.15, 0.2) is 0 Å². The van der Waals surface area contributed by atoms with Crippen molar-refractivity contribution in [1.82, 2.24) is 15.1 Å². The molecule has 0 saturated carbocycles. The number of rotatable bonds is 5. The molecule has 2 amide bonds. The molecule has 0 radical (unpaired) electrons. The van der Waals surface area contributed by atoms with Gasteiger partial charge in [-0.15, -0.1) is 0 Å². The minimum Gasteiger partial charge on any atom is -0.331 e. The first-order valence-corrected chi connectivity index (χ1v) is 8.00. The molecule has 1 aliphatic rings. The Hall–Kier alpha value is -0.420. The van der Waals surface area contributed by atoms with Gasteiger partial charge in [-0.25, -0.2) is 4.79 Å². The van der Waals surface area contributed by atoms with Crippen LogP contribution in [-0.4, -0.2) is 66.6 Å². The minimum absolute atomic E-state index is 0.142. The molecule has 1 fully saturated rings. The Kier molecular flexibility index (Phi) is 6.86. The number of piperidine rings is 1. The number of thioether (sulfide) groups is 1. The Morgan fingerprint density at radius 3 is 2.56 bits per heavy atom. The zero-order valence-electron chi connectivity index (χ0n) is 12.1. The van der Waals surface area contributed by atoms with Crippen LogP contribution in [0.1, 0.15) is 26.7 Å². The molecule has 0 aromatic carbocycles. The van der Waals surface area contributed by atoms with Gasteiger partial charge in [-0.3, -0.25) is 0 Å². The molecule has 0 aromatic rings. The predicted molar refractivity (Wildman–Crippen MR) is 79.3 cm³/mol. The van der Waals surface area contributed by atoms with Gasteiger partial charge in [0.25, 0.3) is 0 Å². The van der Waals surface area contributed by atoms with E-state index < -0.39 is 0 Å². The van der Waals surface area contributed by atoms with E-state index in [2.05, 4.69) is 19.2 Å². The predicted octanol–water partition coefficient (Wildman–Crippen LogP) is 1.86. The smallest absolute Gasteiger partial charge is 0.319 e. The maximum absolute atomic E-state index is 11.8. The summed E-state index contributed by atoms with van der Waals surface area (Å²) >= 11 is 1.98. The summed E-state index contributed by atoms with van der Waals surface area (Å²) in [6, 6.07) is 1.28. The molecule has 106 valence electrons. The first-order chi connectivity index (χ1) is 8.54. The zero-order valence-corrected chi connectivity index (χ0v) is 12.9. The second-order valence-corrected chi connectivity index (χ2v) is 6.48. The number of carbonyl (C=O) groups excluding carboxylic acids is 1. The summed E-state index contributed by atoms with van der Waals surface area (Å²) in [5.74, 6) is 2.36. The van der Waals surface area contributed by atoms with Gasteiger partial charge in [-0.1, -0.05) is 6.92 Å². The lowest BCUT2D eigenvalue weighted by Crippen LogP contribution is -2.49. The lowest BCUT2D eigenvalue weighted by Gasteiger charge is -2.35. The van der Waals surface area contributed by atoms with Crippen molar-refractivity contribution in [3.8, 4) is 0 Å². The van der Waals surface area contributed by atoms with Gasteiger partial charge in [0.1, 0.15) is 0 Å². The molecule has 4 nitrogen and oxygen atoms in total. The molecular formula is C13H27N3OS. The second kappa shape index (κ2) is 7.89. The third-order valence-corrected chi connectivity index (χ3v) is 4.38. The lowest BCUT2D eigenvalue weighted by atomic mass is 10.0. The van der Waals surface area contributed by atoms with E-state index in [1.54, 1.807) is 4.90 Å². The summed E-state index contributed by atoms with van der Waals surface area (Å²) in [4.78, 5) is 15.4. The topological polar surface area (TPSA) is 35.6 Å². The summed E-state index contributed by atoms with van der Waals surface area (Å²) in [6.45, 7) is 6.20. The molecule has 1 rings (SSSR count). The van der Waals surface area contributed by atoms with Gasteiger partial charge in [0, 0.05) is 45.0 Å². The molecule has 1 unspecified atom stereocenters. The van der Waals surface area contributed by atoms with Crippen LogP contribution < -0.4 is 5.32 Å². The molecule has 0 bridgehead atoms. The van der Waals surface area contributed by atoms with Gasteiger partial charge < -0.3 is 15.1 Å². The first kappa shape index (κ1) is 15.6. The van der Waals surface area contributed by atoms with Crippen molar-refractivity contribution >= 4 is 17.8 Å². The van der Waals surface area contributed by atoms with E-state index in [9.17, 15) is 4.79 Å². The van der Waals surface area contributed by atoms with Crippen LogP contribution in [0, 0.1) is 0 Å². The van der Waals surface area contributed by atoms with Crippen molar-refractivity contribution in [2.24, 2.45) is 0 Å². The summed E-state index contributed by atoms with van der Waals surface area (Å²) in [5, 5.41) is 3.67.